The van der Waals surface area contributed by atoms with Gasteiger partial charge < -0.3 is 5.32 Å². The predicted octanol–water partition coefficient (Wildman–Crippen LogP) is 4.08. The molecule has 1 aromatic heterocycles. The lowest BCUT2D eigenvalue weighted by atomic mass is 10.1. The summed E-state index contributed by atoms with van der Waals surface area (Å²) in [6.07, 6.45) is 2.15. The molecule has 1 heterocycles. The van der Waals surface area contributed by atoms with Gasteiger partial charge in [0.05, 0.1) is 16.3 Å². The van der Waals surface area contributed by atoms with E-state index in [9.17, 15) is 13.2 Å². The van der Waals surface area contributed by atoms with Crippen LogP contribution in [0.1, 0.15) is 55.7 Å². The summed E-state index contributed by atoms with van der Waals surface area (Å²) >= 11 is 0. The second-order valence-electron chi connectivity index (χ2n) is 8.81. The molecule has 0 bridgehead atoms. The lowest BCUT2D eigenvalue weighted by Crippen LogP contribution is -2.40. The van der Waals surface area contributed by atoms with Crippen LogP contribution in [0.4, 0.5) is 5.69 Å². The SMILES string of the molecule is CC(C)(C)NS(=O)(=O)c1cccc(NC(=O)c2cc(C3CC3)nn2-c2ccccc2)c1. The third kappa shape index (κ3) is 5.03. The summed E-state index contributed by atoms with van der Waals surface area (Å²) < 4.78 is 29.6. The minimum atomic E-state index is -3.71. The Kier molecular flexibility index (Phi) is 5.45. The molecule has 1 aliphatic carbocycles. The van der Waals surface area contributed by atoms with Gasteiger partial charge in [-0.1, -0.05) is 24.3 Å². The number of hydrogen-bond acceptors (Lipinski definition) is 4. The number of rotatable bonds is 6. The summed E-state index contributed by atoms with van der Waals surface area (Å²) in [5.41, 5.74) is 1.90. The Labute approximate surface area is 182 Å². The van der Waals surface area contributed by atoms with Crippen LogP contribution < -0.4 is 10.0 Å². The summed E-state index contributed by atoms with van der Waals surface area (Å²) in [5, 5.41) is 7.48. The van der Waals surface area contributed by atoms with E-state index in [1.165, 1.54) is 12.1 Å². The molecule has 0 spiro atoms. The molecule has 4 rings (SSSR count). The van der Waals surface area contributed by atoms with E-state index in [1.54, 1.807) is 37.6 Å². The zero-order valence-electron chi connectivity index (χ0n) is 17.8. The summed E-state index contributed by atoms with van der Waals surface area (Å²) in [6, 6.07) is 17.5. The summed E-state index contributed by atoms with van der Waals surface area (Å²) in [7, 11) is -3.71. The van der Waals surface area contributed by atoms with Crippen LogP contribution in [0.25, 0.3) is 5.69 Å². The van der Waals surface area contributed by atoms with E-state index in [0.29, 0.717) is 17.3 Å². The Morgan fingerprint density at radius 1 is 1.03 bits per heavy atom. The largest absolute Gasteiger partial charge is 0.321 e. The summed E-state index contributed by atoms with van der Waals surface area (Å²) in [5.74, 6) is 0.0510. The van der Waals surface area contributed by atoms with Crippen LogP contribution in [0, 0.1) is 0 Å². The van der Waals surface area contributed by atoms with E-state index < -0.39 is 15.6 Å². The lowest BCUT2D eigenvalue weighted by Gasteiger charge is -2.20. The maximum atomic E-state index is 13.1. The Morgan fingerprint density at radius 2 is 1.74 bits per heavy atom. The van der Waals surface area contributed by atoms with Crippen LogP contribution in [0.15, 0.2) is 65.6 Å². The number of anilines is 1. The molecule has 1 aliphatic rings. The van der Waals surface area contributed by atoms with Crippen molar-refractivity contribution in [3.8, 4) is 5.69 Å². The van der Waals surface area contributed by atoms with E-state index in [0.717, 1.165) is 24.2 Å². The van der Waals surface area contributed by atoms with Crippen molar-refractivity contribution in [2.45, 2.75) is 50.0 Å². The maximum absolute atomic E-state index is 13.1. The fourth-order valence-electron chi connectivity index (χ4n) is 3.30. The third-order valence-corrected chi connectivity index (χ3v) is 6.56. The Balaban J connectivity index is 1.62. The van der Waals surface area contributed by atoms with Gasteiger partial charge in [-0.3, -0.25) is 4.79 Å². The summed E-state index contributed by atoms with van der Waals surface area (Å²) in [6.45, 7) is 5.33. The quantitative estimate of drug-likeness (QED) is 0.606. The molecule has 0 saturated heterocycles. The molecule has 0 radical (unpaired) electrons. The van der Waals surface area contributed by atoms with Gasteiger partial charge >= 0.3 is 0 Å². The van der Waals surface area contributed by atoms with E-state index in [1.807, 2.05) is 36.4 Å². The fourth-order valence-corrected chi connectivity index (χ4v) is 4.77. The second-order valence-corrected chi connectivity index (χ2v) is 10.5. The Morgan fingerprint density at radius 3 is 2.39 bits per heavy atom. The number of nitrogens with zero attached hydrogens (tertiary/aromatic N) is 2. The normalized spacial score (nSPS) is 14.4. The number of amides is 1. The Bertz CT molecular complexity index is 1210. The molecule has 8 heteroatoms. The van der Waals surface area contributed by atoms with Gasteiger partial charge in [-0.25, -0.2) is 17.8 Å². The molecular formula is C23H26N4O3S. The minimum absolute atomic E-state index is 0.0930. The molecule has 1 saturated carbocycles. The molecular weight excluding hydrogens is 412 g/mol. The predicted molar refractivity (Wildman–Crippen MR) is 120 cm³/mol. The van der Waals surface area contributed by atoms with Crippen molar-refractivity contribution >= 4 is 21.6 Å². The number of carbonyl (C=O) groups is 1. The highest BCUT2D eigenvalue weighted by atomic mass is 32.2. The van der Waals surface area contributed by atoms with Crippen LogP contribution in [-0.4, -0.2) is 29.6 Å². The number of para-hydroxylation sites is 1. The number of carbonyl (C=O) groups excluding carboxylic acids is 1. The van der Waals surface area contributed by atoms with Gasteiger partial charge in [-0.15, -0.1) is 0 Å². The number of nitrogens with one attached hydrogen (secondary N) is 2. The highest BCUT2D eigenvalue weighted by molar-refractivity contribution is 7.89. The maximum Gasteiger partial charge on any atom is 0.274 e. The number of sulfonamides is 1. The average molecular weight is 439 g/mol. The van der Waals surface area contributed by atoms with Crippen molar-refractivity contribution in [2.75, 3.05) is 5.32 Å². The smallest absolute Gasteiger partial charge is 0.274 e. The highest BCUT2D eigenvalue weighted by Crippen LogP contribution is 2.39. The van der Waals surface area contributed by atoms with Crippen LogP contribution in [0.3, 0.4) is 0 Å². The van der Waals surface area contributed by atoms with Crippen molar-refractivity contribution < 1.29 is 13.2 Å². The average Bonchev–Trinajstić information content (AvgIpc) is 3.45. The van der Waals surface area contributed by atoms with E-state index in [2.05, 4.69) is 15.1 Å². The molecule has 7 nitrogen and oxygen atoms in total. The molecule has 162 valence electrons. The van der Waals surface area contributed by atoms with Gasteiger partial charge in [0, 0.05) is 17.1 Å². The van der Waals surface area contributed by atoms with E-state index in [4.69, 9.17) is 0 Å². The molecule has 2 aromatic carbocycles. The highest BCUT2D eigenvalue weighted by Gasteiger charge is 2.29. The monoisotopic (exact) mass is 438 g/mol. The summed E-state index contributed by atoms with van der Waals surface area (Å²) in [4.78, 5) is 13.2. The molecule has 0 unspecified atom stereocenters. The van der Waals surface area contributed by atoms with Gasteiger partial charge in [0.25, 0.3) is 5.91 Å². The first-order valence-corrected chi connectivity index (χ1v) is 11.7. The van der Waals surface area contributed by atoms with Crippen molar-refractivity contribution in [3.05, 3.63) is 72.1 Å². The second kappa shape index (κ2) is 7.94. The number of benzene rings is 2. The van der Waals surface area contributed by atoms with Crippen LogP contribution in [0.5, 0.6) is 0 Å². The van der Waals surface area contributed by atoms with Gasteiger partial charge in [0.15, 0.2) is 0 Å². The number of aromatic nitrogens is 2. The van der Waals surface area contributed by atoms with Crippen LogP contribution in [0.2, 0.25) is 0 Å². The molecule has 0 atom stereocenters. The number of hydrogen-bond donors (Lipinski definition) is 2. The first kappa shape index (κ1) is 21.3. The van der Waals surface area contributed by atoms with Crippen LogP contribution >= 0.6 is 0 Å². The minimum Gasteiger partial charge on any atom is -0.321 e. The van der Waals surface area contributed by atoms with Crippen molar-refractivity contribution in [3.63, 3.8) is 0 Å². The standard InChI is InChI=1S/C23H26N4O3S/c1-23(2,3)26-31(29,30)19-11-7-8-17(14-19)24-22(28)21-15-20(16-12-13-16)25-27(21)18-9-5-4-6-10-18/h4-11,14-16,26H,12-13H2,1-3H3,(H,24,28). The zero-order valence-corrected chi connectivity index (χ0v) is 18.6. The van der Waals surface area contributed by atoms with Gasteiger partial charge in [-0.2, -0.15) is 5.10 Å². The van der Waals surface area contributed by atoms with Gasteiger partial charge in [0.1, 0.15) is 5.69 Å². The molecule has 2 N–H and O–H groups in total. The van der Waals surface area contributed by atoms with Crippen molar-refractivity contribution in [1.29, 1.82) is 0 Å². The fraction of sp³-hybridized carbons (Fsp3) is 0.304. The van der Waals surface area contributed by atoms with Crippen LogP contribution in [-0.2, 0) is 10.0 Å². The van der Waals surface area contributed by atoms with Crippen molar-refractivity contribution in [2.24, 2.45) is 0 Å². The molecule has 31 heavy (non-hydrogen) atoms. The first-order valence-electron chi connectivity index (χ1n) is 10.2. The van der Waals surface area contributed by atoms with E-state index >= 15 is 0 Å². The zero-order chi connectivity index (χ0) is 22.2. The molecule has 1 amide bonds. The van der Waals surface area contributed by atoms with Gasteiger partial charge in [-0.05, 0) is 70.0 Å². The van der Waals surface area contributed by atoms with Crippen molar-refractivity contribution in [1.82, 2.24) is 14.5 Å². The third-order valence-electron chi connectivity index (χ3n) is 4.80. The van der Waals surface area contributed by atoms with Gasteiger partial charge in [0.2, 0.25) is 10.0 Å². The Hall–Kier alpha value is -2.97. The topological polar surface area (TPSA) is 93.1 Å². The lowest BCUT2D eigenvalue weighted by molar-refractivity contribution is 0.101. The molecule has 0 aliphatic heterocycles. The first-order chi connectivity index (χ1) is 14.6. The van der Waals surface area contributed by atoms with E-state index in [-0.39, 0.29) is 10.8 Å². The molecule has 3 aromatic rings. The molecule has 1 fully saturated rings.